The summed E-state index contributed by atoms with van der Waals surface area (Å²) >= 11 is 0. The molecule has 2 rings (SSSR count). The molecule has 1 aromatic heterocycles. The van der Waals surface area contributed by atoms with Crippen molar-refractivity contribution in [3.8, 4) is 5.75 Å². The van der Waals surface area contributed by atoms with E-state index >= 15 is 0 Å². The largest absolute Gasteiger partial charge is 0.497 e. The molecule has 0 atom stereocenters. The highest BCUT2D eigenvalue weighted by Gasteiger charge is 2.06. The number of aryl methyl sites for hydroxylation is 1. The second-order valence-electron chi connectivity index (χ2n) is 4.40. The van der Waals surface area contributed by atoms with Gasteiger partial charge in [-0.25, -0.2) is 9.97 Å². The smallest absolute Gasteiger partial charge is 0.134 e. The molecular weight excluding hydrogens is 240 g/mol. The Kier molecular flexibility index (Phi) is 3.85. The number of benzene rings is 1. The third kappa shape index (κ3) is 3.34. The zero-order chi connectivity index (χ0) is 13.8. The molecule has 0 aliphatic carbocycles. The van der Waals surface area contributed by atoms with E-state index in [4.69, 9.17) is 10.5 Å². The predicted octanol–water partition coefficient (Wildman–Crippen LogP) is 2.01. The first-order chi connectivity index (χ1) is 9.08. The molecule has 0 saturated heterocycles. The summed E-state index contributed by atoms with van der Waals surface area (Å²) in [6.45, 7) is 2.58. The van der Waals surface area contributed by atoms with Gasteiger partial charge in [0.05, 0.1) is 7.11 Å². The van der Waals surface area contributed by atoms with Crippen molar-refractivity contribution < 1.29 is 4.74 Å². The maximum Gasteiger partial charge on any atom is 0.134 e. The lowest BCUT2D eigenvalue weighted by molar-refractivity contribution is 0.414. The topological polar surface area (TPSA) is 64.3 Å². The lowest BCUT2D eigenvalue weighted by Gasteiger charge is -2.19. The molecule has 0 saturated carbocycles. The van der Waals surface area contributed by atoms with Gasteiger partial charge < -0.3 is 15.4 Å². The number of ether oxygens (including phenoxy) is 1. The molecule has 0 aliphatic heterocycles. The van der Waals surface area contributed by atoms with Crippen molar-refractivity contribution in [1.29, 1.82) is 0 Å². The van der Waals surface area contributed by atoms with E-state index in [1.54, 1.807) is 13.2 Å². The van der Waals surface area contributed by atoms with Crippen LogP contribution in [-0.4, -0.2) is 24.1 Å². The van der Waals surface area contributed by atoms with Crippen LogP contribution in [0.2, 0.25) is 0 Å². The Bertz CT molecular complexity index is 534. The average molecular weight is 258 g/mol. The fourth-order valence-corrected chi connectivity index (χ4v) is 1.86. The summed E-state index contributed by atoms with van der Waals surface area (Å²) in [7, 11) is 3.64. The van der Waals surface area contributed by atoms with Gasteiger partial charge in [-0.05, 0) is 24.6 Å². The normalized spacial score (nSPS) is 10.3. The molecule has 0 aliphatic rings. The molecule has 0 bridgehead atoms. The van der Waals surface area contributed by atoms with Crippen molar-refractivity contribution in [2.45, 2.75) is 13.5 Å². The van der Waals surface area contributed by atoms with Crippen LogP contribution < -0.4 is 15.4 Å². The number of nitrogen functional groups attached to an aromatic ring is 1. The third-order valence-corrected chi connectivity index (χ3v) is 2.81. The van der Waals surface area contributed by atoms with E-state index in [9.17, 15) is 0 Å². The first-order valence-corrected chi connectivity index (χ1v) is 6.03. The molecule has 0 unspecified atom stereocenters. The summed E-state index contributed by atoms with van der Waals surface area (Å²) in [5.74, 6) is 2.84. The van der Waals surface area contributed by atoms with Gasteiger partial charge in [0.2, 0.25) is 0 Å². The van der Waals surface area contributed by atoms with Crippen LogP contribution in [0.5, 0.6) is 5.75 Å². The van der Waals surface area contributed by atoms with Crippen molar-refractivity contribution in [2.24, 2.45) is 0 Å². The molecule has 1 aromatic carbocycles. The number of rotatable bonds is 4. The number of nitrogens with zero attached hydrogens (tertiary/aromatic N) is 3. The summed E-state index contributed by atoms with van der Waals surface area (Å²) in [5.41, 5.74) is 6.91. The minimum absolute atomic E-state index is 0.490. The summed E-state index contributed by atoms with van der Waals surface area (Å²) in [5, 5.41) is 0. The number of methoxy groups -OCH3 is 1. The average Bonchev–Trinajstić information content (AvgIpc) is 2.38. The Hall–Kier alpha value is -2.30. The molecule has 0 radical (unpaired) electrons. The number of hydrogen-bond donors (Lipinski definition) is 1. The number of hydrogen-bond acceptors (Lipinski definition) is 5. The minimum atomic E-state index is 0.490. The van der Waals surface area contributed by atoms with Gasteiger partial charge in [0.15, 0.2) is 0 Å². The molecular formula is C14H18N4O. The molecule has 100 valence electrons. The molecule has 2 aromatic rings. The fraction of sp³-hybridized carbons (Fsp3) is 0.286. The van der Waals surface area contributed by atoms with Gasteiger partial charge in [-0.15, -0.1) is 0 Å². The molecule has 0 spiro atoms. The van der Waals surface area contributed by atoms with Gasteiger partial charge in [-0.3, -0.25) is 0 Å². The van der Waals surface area contributed by atoms with E-state index in [0.717, 1.165) is 18.1 Å². The van der Waals surface area contributed by atoms with Crippen molar-refractivity contribution >= 4 is 11.6 Å². The highest BCUT2D eigenvalue weighted by molar-refractivity contribution is 5.47. The predicted molar refractivity (Wildman–Crippen MR) is 76.3 cm³/mol. The van der Waals surface area contributed by atoms with Crippen LogP contribution in [0.3, 0.4) is 0 Å². The van der Waals surface area contributed by atoms with Gasteiger partial charge in [0, 0.05) is 19.7 Å². The molecule has 5 nitrogen and oxygen atoms in total. The van der Waals surface area contributed by atoms with Crippen LogP contribution in [0.15, 0.2) is 30.3 Å². The zero-order valence-corrected chi connectivity index (χ0v) is 11.4. The molecule has 1 heterocycles. The van der Waals surface area contributed by atoms with E-state index < -0.39 is 0 Å². The van der Waals surface area contributed by atoms with E-state index in [-0.39, 0.29) is 0 Å². The quantitative estimate of drug-likeness (QED) is 0.908. The van der Waals surface area contributed by atoms with Gasteiger partial charge in [-0.1, -0.05) is 12.1 Å². The van der Waals surface area contributed by atoms with Crippen LogP contribution in [0.25, 0.3) is 0 Å². The maximum atomic E-state index is 5.73. The second kappa shape index (κ2) is 5.56. The minimum Gasteiger partial charge on any atom is -0.497 e. The Morgan fingerprint density at radius 2 is 1.89 bits per heavy atom. The fourth-order valence-electron chi connectivity index (χ4n) is 1.86. The van der Waals surface area contributed by atoms with Crippen LogP contribution in [0, 0.1) is 6.92 Å². The molecule has 19 heavy (non-hydrogen) atoms. The summed E-state index contributed by atoms with van der Waals surface area (Å²) < 4.78 is 5.14. The summed E-state index contributed by atoms with van der Waals surface area (Å²) in [4.78, 5) is 10.5. The monoisotopic (exact) mass is 258 g/mol. The number of aromatic nitrogens is 2. The Morgan fingerprint density at radius 1 is 1.21 bits per heavy atom. The summed E-state index contributed by atoms with van der Waals surface area (Å²) in [6.07, 6.45) is 0. The zero-order valence-electron chi connectivity index (χ0n) is 11.4. The Morgan fingerprint density at radius 3 is 2.47 bits per heavy atom. The lowest BCUT2D eigenvalue weighted by Crippen LogP contribution is -2.18. The van der Waals surface area contributed by atoms with Gasteiger partial charge in [-0.2, -0.15) is 0 Å². The molecule has 0 amide bonds. The van der Waals surface area contributed by atoms with Gasteiger partial charge >= 0.3 is 0 Å². The third-order valence-electron chi connectivity index (χ3n) is 2.81. The highest BCUT2D eigenvalue weighted by atomic mass is 16.5. The molecule has 0 fully saturated rings. The molecule has 2 N–H and O–H groups in total. The van der Waals surface area contributed by atoms with E-state index in [1.807, 2.05) is 43.1 Å². The van der Waals surface area contributed by atoms with E-state index in [1.165, 1.54) is 5.56 Å². The van der Waals surface area contributed by atoms with Crippen LogP contribution >= 0.6 is 0 Å². The van der Waals surface area contributed by atoms with Crippen molar-refractivity contribution in [2.75, 3.05) is 24.8 Å². The first kappa shape index (κ1) is 13.1. The number of anilines is 2. The second-order valence-corrected chi connectivity index (χ2v) is 4.40. The highest BCUT2D eigenvalue weighted by Crippen LogP contribution is 2.17. The van der Waals surface area contributed by atoms with Crippen molar-refractivity contribution in [3.63, 3.8) is 0 Å². The Balaban J connectivity index is 2.13. The van der Waals surface area contributed by atoms with Crippen LogP contribution in [0.4, 0.5) is 11.6 Å². The van der Waals surface area contributed by atoms with Crippen molar-refractivity contribution in [3.05, 3.63) is 41.7 Å². The summed E-state index contributed by atoms with van der Waals surface area (Å²) in [6, 6.07) is 9.74. The standard InChI is InChI=1S/C14H18N4O/c1-10-16-13(15)8-14(17-10)18(2)9-11-4-6-12(19-3)7-5-11/h4-8H,9H2,1-3H3,(H2,15,16,17). The first-order valence-electron chi connectivity index (χ1n) is 6.03. The van der Waals surface area contributed by atoms with Crippen LogP contribution in [0.1, 0.15) is 11.4 Å². The Labute approximate surface area is 113 Å². The van der Waals surface area contributed by atoms with E-state index in [2.05, 4.69) is 9.97 Å². The van der Waals surface area contributed by atoms with Gasteiger partial charge in [0.25, 0.3) is 0 Å². The van der Waals surface area contributed by atoms with Crippen molar-refractivity contribution in [1.82, 2.24) is 9.97 Å². The maximum absolute atomic E-state index is 5.73. The van der Waals surface area contributed by atoms with Crippen LogP contribution in [-0.2, 0) is 6.54 Å². The van der Waals surface area contributed by atoms with E-state index in [0.29, 0.717) is 11.6 Å². The number of nitrogens with two attached hydrogens (primary N) is 1. The lowest BCUT2D eigenvalue weighted by atomic mass is 10.2. The SMILES string of the molecule is COc1ccc(CN(C)c2cc(N)nc(C)n2)cc1. The molecule has 5 heteroatoms. The van der Waals surface area contributed by atoms with Gasteiger partial charge in [0.1, 0.15) is 23.2 Å².